The minimum Gasteiger partial charge on any atom is -0.483 e. The largest absolute Gasteiger partial charge is 0.483 e. The minimum atomic E-state index is -3.82. The molecule has 12 heteroatoms. The number of allylic oxidation sites excluding steroid dienone is 2. The van der Waals surface area contributed by atoms with Gasteiger partial charge in [0, 0.05) is 29.7 Å². The van der Waals surface area contributed by atoms with Crippen molar-refractivity contribution in [2.75, 3.05) is 6.54 Å². The molecule has 2 aliphatic carbocycles. The van der Waals surface area contributed by atoms with E-state index in [9.17, 15) is 27.6 Å². The van der Waals surface area contributed by atoms with Crippen LogP contribution >= 0.6 is 0 Å². The van der Waals surface area contributed by atoms with E-state index in [1.807, 2.05) is 36.4 Å². The van der Waals surface area contributed by atoms with Gasteiger partial charge in [0.25, 0.3) is 0 Å². The Hall–Kier alpha value is -3.80. The lowest BCUT2D eigenvalue weighted by Gasteiger charge is -2.36. The lowest BCUT2D eigenvalue weighted by atomic mass is 9.85. The molecule has 0 unspecified atom stereocenters. The van der Waals surface area contributed by atoms with Gasteiger partial charge >= 0.3 is 5.97 Å². The number of rotatable bonds is 5. The van der Waals surface area contributed by atoms with Crippen molar-refractivity contribution in [3.8, 4) is 5.75 Å². The van der Waals surface area contributed by atoms with E-state index < -0.39 is 55.7 Å². The maximum Gasteiger partial charge on any atom is 0.307 e. The lowest BCUT2D eigenvalue weighted by molar-refractivity contribution is -0.159. The molecule has 5 atom stereocenters. The number of benzene rings is 1. The molecule has 1 saturated heterocycles. The number of esters is 1. The van der Waals surface area contributed by atoms with E-state index in [2.05, 4.69) is 9.71 Å². The molecule has 3 fully saturated rings. The van der Waals surface area contributed by atoms with Crippen molar-refractivity contribution in [3.05, 3.63) is 48.2 Å². The number of carbonyl (C=O) groups is 4. The van der Waals surface area contributed by atoms with Gasteiger partial charge in [0.15, 0.2) is 5.78 Å². The van der Waals surface area contributed by atoms with Crippen LogP contribution in [0.1, 0.15) is 103 Å². The molecule has 0 radical (unpaired) electrons. The van der Waals surface area contributed by atoms with Crippen LogP contribution < -0.4 is 9.46 Å². The molecule has 1 aromatic heterocycles. The first-order valence-electron chi connectivity index (χ1n) is 18.5. The van der Waals surface area contributed by atoms with E-state index in [4.69, 9.17) is 9.47 Å². The molecule has 4 heterocycles. The highest BCUT2D eigenvalue weighted by Gasteiger charge is 2.62. The summed E-state index contributed by atoms with van der Waals surface area (Å²) in [5, 5.41) is 0.426. The molecular formula is C39H49N3O8S. The zero-order chi connectivity index (χ0) is 36.2. The molecule has 274 valence electrons. The molecule has 1 spiro atoms. The number of Topliss-reactive ketones (excluding diaryl/α,β-unsaturated/α-hetero) is 1. The highest BCUT2D eigenvalue weighted by atomic mass is 32.2. The summed E-state index contributed by atoms with van der Waals surface area (Å²) in [6, 6.07) is 6.97. The fourth-order valence-corrected chi connectivity index (χ4v) is 9.74. The van der Waals surface area contributed by atoms with Crippen molar-refractivity contribution in [1.29, 1.82) is 0 Å². The first kappa shape index (κ1) is 35.6. The number of amides is 2. The Kier molecular flexibility index (Phi) is 9.29. The fraction of sp³-hybridized carbons (Fsp3) is 0.615. The number of aromatic nitrogens is 1. The fourth-order valence-electron chi connectivity index (χ4n) is 8.36. The van der Waals surface area contributed by atoms with Crippen LogP contribution in [0.3, 0.4) is 0 Å². The Labute approximate surface area is 300 Å². The van der Waals surface area contributed by atoms with E-state index in [1.165, 1.54) is 0 Å². The van der Waals surface area contributed by atoms with Crippen LogP contribution in [0.5, 0.6) is 5.75 Å². The number of hydrogen-bond acceptors (Lipinski definition) is 9. The summed E-state index contributed by atoms with van der Waals surface area (Å²) in [5.41, 5.74) is -0.893. The van der Waals surface area contributed by atoms with Gasteiger partial charge in [-0.05, 0) is 84.1 Å². The number of para-hydroxylation sites is 1. The van der Waals surface area contributed by atoms with Crippen LogP contribution in [0.4, 0.5) is 0 Å². The Bertz CT molecular complexity index is 1880. The average Bonchev–Trinajstić information content (AvgIpc) is 4.00. The standard InChI is InChI=1S/C39H49N3O8S/c1-37(2,3)50-34(44)19-25-11-7-5-4-6-8-12-26-20-39(26,36(46)41-51(47,48)27-15-16-27)22-32(43)31-21-38(24-42(31)35(25)45)18-17-29-28-13-9-10-14-30(28)40-23-33(29)49-38/h8-10,12-14,23,25-27,31H,4-7,11,15-22,24H2,1-3H3,(H,41,46)/b12-8-/t25-,26-,31+,38-,39-/m1/s1. The van der Waals surface area contributed by atoms with E-state index in [1.54, 1.807) is 31.9 Å². The van der Waals surface area contributed by atoms with Gasteiger partial charge in [-0.3, -0.25) is 28.9 Å². The summed E-state index contributed by atoms with van der Waals surface area (Å²) in [6.07, 6.45) is 11.9. The van der Waals surface area contributed by atoms with Crippen molar-refractivity contribution >= 4 is 44.5 Å². The third-order valence-corrected chi connectivity index (χ3v) is 13.1. The van der Waals surface area contributed by atoms with Gasteiger partial charge < -0.3 is 14.4 Å². The van der Waals surface area contributed by atoms with Gasteiger partial charge in [0.2, 0.25) is 21.8 Å². The molecule has 2 aromatic rings. The summed E-state index contributed by atoms with van der Waals surface area (Å²) in [5.74, 6) is -2.05. The summed E-state index contributed by atoms with van der Waals surface area (Å²) in [7, 11) is -3.82. The molecule has 0 bridgehead atoms. The van der Waals surface area contributed by atoms with Gasteiger partial charge in [-0.25, -0.2) is 8.42 Å². The summed E-state index contributed by atoms with van der Waals surface area (Å²) in [6.45, 7) is 5.52. The minimum absolute atomic E-state index is 0.104. The van der Waals surface area contributed by atoms with Gasteiger partial charge in [-0.2, -0.15) is 0 Å². The first-order valence-corrected chi connectivity index (χ1v) is 20.1. The normalized spacial score (nSPS) is 30.6. The van der Waals surface area contributed by atoms with Crippen LogP contribution in [0.2, 0.25) is 0 Å². The number of nitrogens with zero attached hydrogens (tertiary/aromatic N) is 2. The SMILES string of the molecule is CC(C)(C)OC(=O)C[C@H]1CCCCC/C=C\[C@@H]2C[C@@]2(C(=O)NS(=O)(=O)C2CC2)CC(=O)[C@@H]2C[C@]3(CCc4c(cnc5ccccc45)O3)CN2C1=O. The molecule has 51 heavy (non-hydrogen) atoms. The number of sulfonamides is 1. The third kappa shape index (κ3) is 7.43. The Morgan fingerprint density at radius 2 is 1.86 bits per heavy atom. The van der Waals surface area contributed by atoms with E-state index in [-0.39, 0.29) is 43.4 Å². The predicted molar refractivity (Wildman–Crippen MR) is 190 cm³/mol. The number of ketones is 1. The molecule has 1 aromatic carbocycles. The highest BCUT2D eigenvalue weighted by molar-refractivity contribution is 7.90. The maximum absolute atomic E-state index is 14.7. The molecule has 3 aliphatic heterocycles. The number of hydrogen-bond donors (Lipinski definition) is 1. The smallest absolute Gasteiger partial charge is 0.307 e. The predicted octanol–water partition coefficient (Wildman–Crippen LogP) is 5.34. The zero-order valence-electron chi connectivity index (χ0n) is 29.8. The van der Waals surface area contributed by atoms with Crippen LogP contribution in [-0.4, -0.2) is 70.9 Å². The van der Waals surface area contributed by atoms with Crippen LogP contribution in [-0.2, 0) is 40.4 Å². The molecule has 5 aliphatic rings. The Balaban J connectivity index is 1.21. The number of aryl methyl sites for hydroxylation is 1. The highest BCUT2D eigenvalue weighted by Crippen LogP contribution is 2.57. The number of carbonyl (C=O) groups excluding carboxylic acids is 4. The van der Waals surface area contributed by atoms with E-state index in [0.29, 0.717) is 44.3 Å². The average molecular weight is 720 g/mol. The quantitative estimate of drug-likeness (QED) is 0.319. The van der Waals surface area contributed by atoms with Crippen molar-refractivity contribution < 1.29 is 37.1 Å². The summed E-state index contributed by atoms with van der Waals surface area (Å²) < 4.78 is 40.4. The van der Waals surface area contributed by atoms with Gasteiger partial charge in [0.1, 0.15) is 17.0 Å². The van der Waals surface area contributed by atoms with Gasteiger partial charge in [-0.15, -0.1) is 0 Å². The molecule has 11 nitrogen and oxygen atoms in total. The second-order valence-electron chi connectivity index (χ2n) is 16.4. The Morgan fingerprint density at radius 3 is 2.63 bits per heavy atom. The zero-order valence-corrected chi connectivity index (χ0v) is 30.6. The number of fused-ring (bicyclic) bond motifs is 5. The van der Waals surface area contributed by atoms with Crippen molar-refractivity contribution in [1.82, 2.24) is 14.6 Å². The molecule has 2 saturated carbocycles. The summed E-state index contributed by atoms with van der Waals surface area (Å²) >= 11 is 0. The third-order valence-electron chi connectivity index (χ3n) is 11.3. The summed E-state index contributed by atoms with van der Waals surface area (Å²) in [4.78, 5) is 62.4. The van der Waals surface area contributed by atoms with E-state index >= 15 is 0 Å². The number of pyridine rings is 1. The second-order valence-corrected chi connectivity index (χ2v) is 18.4. The maximum atomic E-state index is 14.7. The molecule has 2 amide bonds. The monoisotopic (exact) mass is 719 g/mol. The van der Waals surface area contributed by atoms with Crippen molar-refractivity contribution in [3.63, 3.8) is 0 Å². The van der Waals surface area contributed by atoms with Gasteiger partial charge in [0.05, 0.1) is 41.4 Å². The van der Waals surface area contributed by atoms with Crippen molar-refractivity contribution in [2.45, 2.75) is 127 Å². The first-order chi connectivity index (χ1) is 24.2. The molecule has 1 N–H and O–H groups in total. The van der Waals surface area contributed by atoms with Crippen LogP contribution in [0.25, 0.3) is 10.9 Å². The van der Waals surface area contributed by atoms with Crippen LogP contribution in [0, 0.1) is 17.3 Å². The van der Waals surface area contributed by atoms with Crippen molar-refractivity contribution in [2.24, 2.45) is 17.3 Å². The molecule has 7 rings (SSSR count). The Morgan fingerprint density at radius 1 is 1.08 bits per heavy atom. The number of ether oxygens (including phenoxy) is 2. The van der Waals surface area contributed by atoms with E-state index in [0.717, 1.165) is 42.1 Å². The topological polar surface area (TPSA) is 149 Å². The number of nitrogens with one attached hydrogen (secondary N) is 1. The van der Waals surface area contributed by atoms with Gasteiger partial charge in [-0.1, -0.05) is 43.2 Å². The molecular weight excluding hydrogens is 671 g/mol. The lowest BCUT2D eigenvalue weighted by Crippen LogP contribution is -2.47. The second kappa shape index (κ2) is 13.3. The van der Waals surface area contributed by atoms with Crippen LogP contribution in [0.15, 0.2) is 42.6 Å².